The highest BCUT2D eigenvalue weighted by molar-refractivity contribution is 6.46. The zero-order valence-electron chi connectivity index (χ0n) is 16.7. The van der Waals surface area contributed by atoms with Gasteiger partial charge in [-0.25, -0.2) is 0 Å². The van der Waals surface area contributed by atoms with Crippen LogP contribution in [0, 0.1) is 20.8 Å². The number of amides is 1. The van der Waals surface area contributed by atoms with E-state index in [1.807, 2.05) is 57.2 Å². The average Bonchev–Trinajstić information content (AvgIpc) is 2.92. The Balaban J connectivity index is 2.20. The van der Waals surface area contributed by atoms with Gasteiger partial charge in [0.25, 0.3) is 11.7 Å². The molecular formula is C23H25NO4. The summed E-state index contributed by atoms with van der Waals surface area (Å²) in [5.41, 5.74) is 4.52. The van der Waals surface area contributed by atoms with Crippen LogP contribution in [-0.4, -0.2) is 42.0 Å². The first-order valence-corrected chi connectivity index (χ1v) is 9.27. The van der Waals surface area contributed by atoms with Crippen LogP contribution < -0.4 is 0 Å². The fourth-order valence-electron chi connectivity index (χ4n) is 3.56. The maximum absolute atomic E-state index is 12.9. The predicted octanol–water partition coefficient (Wildman–Crippen LogP) is 3.68. The number of aryl methyl sites for hydroxylation is 3. The fourth-order valence-corrected chi connectivity index (χ4v) is 3.56. The number of rotatable bonds is 5. The van der Waals surface area contributed by atoms with Crippen molar-refractivity contribution in [1.82, 2.24) is 4.90 Å². The number of aliphatic hydroxyl groups excluding tert-OH is 1. The summed E-state index contributed by atoms with van der Waals surface area (Å²) in [6.45, 7) is 6.43. The van der Waals surface area contributed by atoms with Crippen molar-refractivity contribution in [3.8, 4) is 0 Å². The Hall–Kier alpha value is -2.92. The molecule has 28 heavy (non-hydrogen) atoms. The molecule has 5 heteroatoms. The number of methoxy groups -OCH3 is 1. The molecule has 0 radical (unpaired) electrons. The first-order chi connectivity index (χ1) is 13.4. The first kappa shape index (κ1) is 19.8. The Morgan fingerprint density at radius 3 is 2.39 bits per heavy atom. The molecule has 1 aliphatic rings. The van der Waals surface area contributed by atoms with Crippen LogP contribution in [0.25, 0.3) is 5.76 Å². The summed E-state index contributed by atoms with van der Waals surface area (Å²) in [6.07, 6.45) is 0. The molecule has 146 valence electrons. The number of hydrogen-bond donors (Lipinski definition) is 1. The number of carbonyl (C=O) groups excluding carboxylic acids is 2. The quantitative estimate of drug-likeness (QED) is 0.489. The lowest BCUT2D eigenvalue weighted by atomic mass is 9.92. The van der Waals surface area contributed by atoms with E-state index >= 15 is 0 Å². The van der Waals surface area contributed by atoms with Gasteiger partial charge in [-0.3, -0.25) is 9.59 Å². The second-order valence-corrected chi connectivity index (χ2v) is 7.14. The molecule has 0 aliphatic carbocycles. The van der Waals surface area contributed by atoms with Crippen molar-refractivity contribution < 1.29 is 19.4 Å². The summed E-state index contributed by atoms with van der Waals surface area (Å²) in [6, 6.07) is 12.5. The number of hydrogen-bond acceptors (Lipinski definition) is 4. The van der Waals surface area contributed by atoms with Crippen molar-refractivity contribution in [3.63, 3.8) is 0 Å². The summed E-state index contributed by atoms with van der Waals surface area (Å²) >= 11 is 0. The third-order valence-corrected chi connectivity index (χ3v) is 5.34. The molecule has 0 saturated carbocycles. The van der Waals surface area contributed by atoms with Crippen LogP contribution in [0.5, 0.6) is 0 Å². The highest BCUT2D eigenvalue weighted by Crippen LogP contribution is 2.40. The second kappa shape index (κ2) is 7.98. The van der Waals surface area contributed by atoms with Crippen LogP contribution >= 0.6 is 0 Å². The van der Waals surface area contributed by atoms with E-state index in [0.29, 0.717) is 12.2 Å². The van der Waals surface area contributed by atoms with E-state index in [4.69, 9.17) is 4.74 Å². The van der Waals surface area contributed by atoms with Crippen LogP contribution in [0.4, 0.5) is 0 Å². The number of carbonyl (C=O) groups is 2. The number of nitrogens with zero attached hydrogens (tertiary/aromatic N) is 1. The SMILES string of the molecule is COCCN1C(=O)C(=O)/C(=C(/O)c2ccc(C)c(C)c2)C1c1ccccc1C. The summed E-state index contributed by atoms with van der Waals surface area (Å²) in [5, 5.41) is 11.0. The monoisotopic (exact) mass is 379 g/mol. The highest BCUT2D eigenvalue weighted by Gasteiger charge is 2.46. The molecule has 0 bridgehead atoms. The van der Waals surface area contributed by atoms with Crippen molar-refractivity contribution in [2.24, 2.45) is 0 Å². The van der Waals surface area contributed by atoms with Crippen molar-refractivity contribution in [1.29, 1.82) is 0 Å². The number of likely N-dealkylation sites (tertiary alicyclic amines) is 1. The van der Waals surface area contributed by atoms with Crippen LogP contribution in [0.15, 0.2) is 48.0 Å². The topological polar surface area (TPSA) is 66.8 Å². The average molecular weight is 379 g/mol. The van der Waals surface area contributed by atoms with E-state index in [1.54, 1.807) is 13.2 Å². The third-order valence-electron chi connectivity index (χ3n) is 5.34. The van der Waals surface area contributed by atoms with E-state index in [0.717, 1.165) is 22.3 Å². The van der Waals surface area contributed by atoms with Gasteiger partial charge in [-0.2, -0.15) is 0 Å². The predicted molar refractivity (Wildman–Crippen MR) is 108 cm³/mol. The maximum atomic E-state index is 12.9. The zero-order chi connectivity index (χ0) is 20.4. The number of Topliss-reactive ketones (excluding diaryl/α,β-unsaturated/α-hetero) is 1. The lowest BCUT2D eigenvalue weighted by molar-refractivity contribution is -0.140. The van der Waals surface area contributed by atoms with E-state index in [-0.39, 0.29) is 17.9 Å². The third kappa shape index (κ3) is 3.45. The Morgan fingerprint density at radius 2 is 1.75 bits per heavy atom. The summed E-state index contributed by atoms with van der Waals surface area (Å²) in [4.78, 5) is 27.1. The minimum atomic E-state index is -0.667. The molecule has 1 heterocycles. The van der Waals surface area contributed by atoms with Crippen LogP contribution in [0.2, 0.25) is 0 Å². The van der Waals surface area contributed by atoms with Crippen molar-refractivity contribution in [3.05, 3.63) is 75.9 Å². The molecule has 1 N–H and O–H groups in total. The Bertz CT molecular complexity index is 961. The van der Waals surface area contributed by atoms with Gasteiger partial charge in [0.2, 0.25) is 0 Å². The van der Waals surface area contributed by atoms with Gasteiger partial charge >= 0.3 is 0 Å². The second-order valence-electron chi connectivity index (χ2n) is 7.14. The van der Waals surface area contributed by atoms with E-state index in [9.17, 15) is 14.7 Å². The van der Waals surface area contributed by atoms with Gasteiger partial charge in [-0.05, 0) is 49.1 Å². The zero-order valence-corrected chi connectivity index (χ0v) is 16.7. The number of benzene rings is 2. The molecule has 0 aromatic heterocycles. The summed E-state index contributed by atoms with van der Waals surface area (Å²) < 4.78 is 5.13. The van der Waals surface area contributed by atoms with E-state index in [2.05, 4.69) is 0 Å². The summed E-state index contributed by atoms with van der Waals surface area (Å²) in [5.74, 6) is -1.43. The smallest absolute Gasteiger partial charge is 0.295 e. The molecule has 3 rings (SSSR count). The van der Waals surface area contributed by atoms with Crippen LogP contribution in [0.3, 0.4) is 0 Å². The molecule has 1 saturated heterocycles. The van der Waals surface area contributed by atoms with Gasteiger partial charge < -0.3 is 14.7 Å². The van der Waals surface area contributed by atoms with Gasteiger partial charge in [0.15, 0.2) is 0 Å². The van der Waals surface area contributed by atoms with Gasteiger partial charge in [0, 0.05) is 19.2 Å². The summed E-state index contributed by atoms with van der Waals surface area (Å²) in [7, 11) is 1.55. The standard InChI is InChI=1S/C23H25NO4/c1-14-9-10-17(13-16(14)3)21(25)19-20(18-8-6-5-7-15(18)2)24(11-12-28-4)23(27)22(19)26/h5-10,13,20,25H,11-12H2,1-4H3/b21-19+. The molecule has 2 aromatic rings. The van der Waals surface area contributed by atoms with Crippen molar-refractivity contribution >= 4 is 17.4 Å². The lowest BCUT2D eigenvalue weighted by Crippen LogP contribution is -2.32. The van der Waals surface area contributed by atoms with Gasteiger partial charge in [-0.15, -0.1) is 0 Å². The first-order valence-electron chi connectivity index (χ1n) is 9.27. The molecule has 1 unspecified atom stereocenters. The lowest BCUT2D eigenvalue weighted by Gasteiger charge is -2.26. The number of ketones is 1. The molecule has 5 nitrogen and oxygen atoms in total. The van der Waals surface area contributed by atoms with Crippen LogP contribution in [0.1, 0.15) is 33.9 Å². The molecule has 1 fully saturated rings. The minimum absolute atomic E-state index is 0.124. The molecule has 1 aliphatic heterocycles. The normalized spacial score (nSPS) is 18.7. The number of ether oxygens (including phenoxy) is 1. The molecular weight excluding hydrogens is 354 g/mol. The highest BCUT2D eigenvalue weighted by atomic mass is 16.5. The van der Waals surface area contributed by atoms with Gasteiger partial charge in [-0.1, -0.05) is 36.4 Å². The van der Waals surface area contributed by atoms with Crippen molar-refractivity contribution in [2.75, 3.05) is 20.3 Å². The van der Waals surface area contributed by atoms with Gasteiger partial charge in [0.1, 0.15) is 5.76 Å². The Kier molecular flexibility index (Phi) is 5.66. The molecule has 0 spiro atoms. The molecule has 1 atom stereocenters. The largest absolute Gasteiger partial charge is 0.507 e. The van der Waals surface area contributed by atoms with Crippen molar-refractivity contribution in [2.45, 2.75) is 26.8 Å². The minimum Gasteiger partial charge on any atom is -0.507 e. The maximum Gasteiger partial charge on any atom is 0.295 e. The number of aliphatic hydroxyl groups is 1. The Labute approximate surface area is 165 Å². The molecule has 2 aromatic carbocycles. The van der Waals surface area contributed by atoms with E-state index < -0.39 is 17.7 Å². The van der Waals surface area contributed by atoms with E-state index in [1.165, 1.54) is 4.90 Å². The fraction of sp³-hybridized carbons (Fsp3) is 0.304. The van der Waals surface area contributed by atoms with Gasteiger partial charge in [0.05, 0.1) is 18.2 Å². The van der Waals surface area contributed by atoms with Crippen LogP contribution in [-0.2, 0) is 14.3 Å². The molecule has 1 amide bonds. The Morgan fingerprint density at radius 1 is 1.04 bits per heavy atom.